The molecule has 3 aromatic carbocycles. The molecule has 0 spiro atoms. The number of hydrogen-bond acceptors (Lipinski definition) is 12. The molecule has 1 N–H and O–H groups in total. The van der Waals surface area contributed by atoms with Gasteiger partial charge < -0.3 is 37.7 Å². The molecule has 0 saturated carbocycles. The van der Waals surface area contributed by atoms with E-state index in [0.29, 0.717) is 11.5 Å². The summed E-state index contributed by atoms with van der Waals surface area (Å²) in [6.45, 7) is 20.4. The number of amides is 1. The number of rotatable bonds is 20. The fourth-order valence-electron chi connectivity index (χ4n) is 7.37. The van der Waals surface area contributed by atoms with Crippen LogP contribution in [0.15, 0.2) is 95.9 Å². The topological polar surface area (TPSA) is 156 Å². The van der Waals surface area contributed by atoms with Crippen LogP contribution in [0.1, 0.15) is 84.7 Å². The van der Waals surface area contributed by atoms with Crippen molar-refractivity contribution in [3.8, 4) is 17.6 Å². The number of nitriles is 1. The van der Waals surface area contributed by atoms with E-state index in [4.69, 9.17) is 32.4 Å². The standard InChI is InChI=1S/C47H64N5O9PSi/c1-32(2)52(33(3)4)62(58-30-16-28-48)60-42-40(59-44(43(42)61-63(11,12)46(6,7)8)51-29-27-41(49-34(5)53)50-45(51)54)31-57-47(35-17-14-13-15-18-35,36-19-23-38(55-9)24-20-36)37-21-25-39(56-10)26-22-37/h13-15,17-27,29,32-33,40,42-44H,16,30-31H2,1-12H3,(H,49,50,53,54)/t40?,42?,43-,44?,62?/m0/s1. The van der Waals surface area contributed by atoms with Gasteiger partial charge >= 0.3 is 5.69 Å². The van der Waals surface area contributed by atoms with Gasteiger partial charge in [0.05, 0.1) is 39.9 Å². The van der Waals surface area contributed by atoms with E-state index in [1.807, 2.05) is 78.9 Å². The Morgan fingerprint density at radius 3 is 1.94 bits per heavy atom. The van der Waals surface area contributed by atoms with Gasteiger partial charge in [-0.05, 0) is 92.8 Å². The van der Waals surface area contributed by atoms with Crippen LogP contribution in [-0.4, -0.2) is 86.3 Å². The zero-order valence-corrected chi connectivity index (χ0v) is 40.6. The van der Waals surface area contributed by atoms with Crippen LogP contribution in [0.4, 0.5) is 5.82 Å². The van der Waals surface area contributed by atoms with Crippen molar-refractivity contribution < 1.29 is 37.2 Å². The van der Waals surface area contributed by atoms with Gasteiger partial charge in [-0.25, -0.2) is 9.46 Å². The first-order chi connectivity index (χ1) is 29.9. The maximum atomic E-state index is 14.0. The van der Waals surface area contributed by atoms with E-state index < -0.39 is 52.7 Å². The summed E-state index contributed by atoms with van der Waals surface area (Å²) in [7, 11) is -1.24. The molecule has 63 heavy (non-hydrogen) atoms. The van der Waals surface area contributed by atoms with Crippen LogP contribution in [0.25, 0.3) is 0 Å². The molecule has 2 heterocycles. The van der Waals surface area contributed by atoms with Gasteiger partial charge in [-0.2, -0.15) is 10.2 Å². The Kier molecular flexibility index (Phi) is 16.9. The van der Waals surface area contributed by atoms with Gasteiger partial charge in [-0.1, -0.05) is 75.4 Å². The molecule has 14 nitrogen and oxygen atoms in total. The molecule has 1 aliphatic rings. The van der Waals surface area contributed by atoms with Crippen molar-refractivity contribution in [2.75, 3.05) is 32.8 Å². The molecule has 4 aromatic rings. The second-order valence-electron chi connectivity index (χ2n) is 17.5. The second kappa shape index (κ2) is 21.5. The summed E-state index contributed by atoms with van der Waals surface area (Å²) in [5.41, 5.74) is 0.633. The van der Waals surface area contributed by atoms with E-state index in [9.17, 15) is 14.9 Å². The number of carbonyl (C=O) groups is 1. The van der Waals surface area contributed by atoms with Crippen LogP contribution in [0.3, 0.4) is 0 Å². The highest BCUT2D eigenvalue weighted by atomic mass is 31.2. The number of carbonyl (C=O) groups excluding carboxylic acids is 1. The zero-order chi connectivity index (χ0) is 46.1. The molecule has 0 bridgehead atoms. The van der Waals surface area contributed by atoms with E-state index in [1.54, 1.807) is 26.5 Å². The summed E-state index contributed by atoms with van der Waals surface area (Å²) in [6, 6.07) is 29.2. The summed E-state index contributed by atoms with van der Waals surface area (Å²) in [5.74, 6) is 1.12. The Morgan fingerprint density at radius 1 is 0.905 bits per heavy atom. The molecule has 4 unspecified atom stereocenters. The lowest BCUT2D eigenvalue weighted by molar-refractivity contribution is -0.114. The maximum Gasteiger partial charge on any atom is 0.351 e. The monoisotopic (exact) mass is 901 g/mol. The van der Waals surface area contributed by atoms with Gasteiger partial charge in [0, 0.05) is 25.2 Å². The summed E-state index contributed by atoms with van der Waals surface area (Å²) >= 11 is 0. The number of ether oxygens (including phenoxy) is 4. The minimum Gasteiger partial charge on any atom is -0.497 e. The SMILES string of the molecule is COc1ccc(C(OCC2OC(n3ccc(NC(C)=O)nc3=O)[C@@H](O[Si](C)(C)C(C)(C)C)C2OP(OCCC#N)N(C(C)C)C(C)C)(c2ccccc2)c2ccc(OC)cc2)cc1. The molecular formula is C47H64N5O9PSi. The Morgan fingerprint density at radius 2 is 1.46 bits per heavy atom. The van der Waals surface area contributed by atoms with E-state index in [-0.39, 0.29) is 48.5 Å². The highest BCUT2D eigenvalue weighted by molar-refractivity contribution is 7.44. The van der Waals surface area contributed by atoms with Crippen LogP contribution in [0.2, 0.25) is 18.1 Å². The molecule has 1 fully saturated rings. The fraction of sp³-hybridized carbons (Fsp3) is 0.489. The van der Waals surface area contributed by atoms with Crippen molar-refractivity contribution in [2.24, 2.45) is 0 Å². The molecular weight excluding hydrogens is 838 g/mol. The third kappa shape index (κ3) is 11.6. The van der Waals surface area contributed by atoms with Crippen molar-refractivity contribution in [3.63, 3.8) is 0 Å². The Hall–Kier alpha value is -4.49. The number of nitrogens with one attached hydrogen (secondary N) is 1. The average Bonchev–Trinajstić information content (AvgIpc) is 3.55. The van der Waals surface area contributed by atoms with E-state index in [1.165, 1.54) is 11.5 Å². The van der Waals surface area contributed by atoms with Crippen molar-refractivity contribution in [1.82, 2.24) is 14.2 Å². The minimum atomic E-state index is -2.66. The highest BCUT2D eigenvalue weighted by Gasteiger charge is 2.54. The van der Waals surface area contributed by atoms with Crippen LogP contribution >= 0.6 is 8.53 Å². The first-order valence-corrected chi connectivity index (χ1v) is 25.3. The van der Waals surface area contributed by atoms with Gasteiger partial charge in [-0.3, -0.25) is 9.36 Å². The smallest absolute Gasteiger partial charge is 0.351 e. The second-order valence-corrected chi connectivity index (χ2v) is 23.7. The normalized spacial score (nSPS) is 18.7. The molecule has 16 heteroatoms. The number of methoxy groups -OCH3 is 2. The van der Waals surface area contributed by atoms with Crippen LogP contribution < -0.4 is 20.5 Å². The number of benzene rings is 3. The van der Waals surface area contributed by atoms with Crippen molar-refractivity contribution in [2.45, 2.75) is 122 Å². The molecule has 1 aliphatic heterocycles. The summed E-state index contributed by atoms with van der Waals surface area (Å²) in [5, 5.41) is 11.9. The lowest BCUT2D eigenvalue weighted by Gasteiger charge is -2.42. The average molecular weight is 902 g/mol. The molecule has 0 aliphatic carbocycles. The fourth-order valence-corrected chi connectivity index (χ4v) is 10.4. The van der Waals surface area contributed by atoms with Crippen LogP contribution in [0, 0.1) is 11.3 Å². The van der Waals surface area contributed by atoms with Crippen LogP contribution in [0.5, 0.6) is 11.5 Å². The number of nitrogens with zero attached hydrogens (tertiary/aromatic N) is 4. The lowest BCUT2D eigenvalue weighted by Crippen LogP contribution is -2.50. The molecule has 1 saturated heterocycles. The van der Waals surface area contributed by atoms with Gasteiger partial charge in [-0.15, -0.1) is 0 Å². The first kappa shape index (κ1) is 49.5. The maximum absolute atomic E-state index is 14.0. The van der Waals surface area contributed by atoms with E-state index in [2.05, 4.69) is 82.6 Å². The Labute approximate surface area is 374 Å². The third-order valence-corrected chi connectivity index (χ3v) is 18.0. The molecule has 0 radical (unpaired) electrons. The Balaban J connectivity index is 1.74. The predicted molar refractivity (Wildman–Crippen MR) is 247 cm³/mol. The minimum absolute atomic E-state index is 0.00483. The number of anilines is 1. The first-order valence-electron chi connectivity index (χ1n) is 21.3. The van der Waals surface area contributed by atoms with Crippen molar-refractivity contribution in [3.05, 3.63) is 118 Å². The van der Waals surface area contributed by atoms with Gasteiger partial charge in [0.25, 0.3) is 8.53 Å². The van der Waals surface area contributed by atoms with Gasteiger partial charge in [0.2, 0.25) is 5.91 Å². The third-order valence-electron chi connectivity index (χ3n) is 11.4. The van der Waals surface area contributed by atoms with Crippen molar-refractivity contribution in [1.29, 1.82) is 5.26 Å². The predicted octanol–water partition coefficient (Wildman–Crippen LogP) is 9.18. The molecule has 1 aromatic heterocycles. The largest absolute Gasteiger partial charge is 0.497 e. The van der Waals surface area contributed by atoms with Crippen LogP contribution in [-0.2, 0) is 33.3 Å². The summed E-state index contributed by atoms with van der Waals surface area (Å²) < 4.78 is 50.3. The van der Waals surface area contributed by atoms with E-state index in [0.717, 1.165) is 16.7 Å². The molecule has 340 valence electrons. The summed E-state index contributed by atoms with van der Waals surface area (Å²) in [6.07, 6.45) is -1.94. The zero-order valence-electron chi connectivity index (χ0n) is 38.7. The quantitative estimate of drug-likeness (QED) is 0.0389. The lowest BCUT2D eigenvalue weighted by atomic mass is 9.80. The molecule has 1 amide bonds. The number of hydrogen-bond donors (Lipinski definition) is 1. The number of aromatic nitrogens is 2. The summed E-state index contributed by atoms with van der Waals surface area (Å²) in [4.78, 5) is 30.2. The van der Waals surface area contributed by atoms with Gasteiger partial charge in [0.15, 0.2) is 14.5 Å². The van der Waals surface area contributed by atoms with Gasteiger partial charge in [0.1, 0.15) is 41.2 Å². The molecule has 5 rings (SSSR count). The highest BCUT2D eigenvalue weighted by Crippen LogP contribution is 2.52. The molecule has 5 atom stereocenters. The Bertz CT molecular complexity index is 2140. The van der Waals surface area contributed by atoms with Crippen molar-refractivity contribution >= 4 is 28.6 Å². The van der Waals surface area contributed by atoms with E-state index >= 15 is 0 Å².